The van der Waals surface area contributed by atoms with E-state index in [1.54, 1.807) is 43.5 Å². The summed E-state index contributed by atoms with van der Waals surface area (Å²) in [7, 11) is 1.59. The van der Waals surface area contributed by atoms with Crippen molar-refractivity contribution in [1.82, 2.24) is 0 Å². The van der Waals surface area contributed by atoms with Gasteiger partial charge in [-0.1, -0.05) is 0 Å². The van der Waals surface area contributed by atoms with Crippen LogP contribution in [-0.2, 0) is 17.6 Å². The number of nitrogens with one attached hydrogen (secondary N) is 1. The molecule has 0 atom stereocenters. The predicted molar refractivity (Wildman–Crippen MR) is 106 cm³/mol. The second kappa shape index (κ2) is 7.76. The lowest BCUT2D eigenvalue weighted by molar-refractivity contribution is -0.118. The average molecular weight is 379 g/mol. The fourth-order valence-electron chi connectivity index (χ4n) is 3.54. The van der Waals surface area contributed by atoms with E-state index in [0.717, 1.165) is 42.2 Å². The number of rotatable bonds is 5. The monoisotopic (exact) mass is 379 g/mol. The van der Waals surface area contributed by atoms with Crippen LogP contribution in [-0.4, -0.2) is 19.6 Å². The van der Waals surface area contributed by atoms with Crippen LogP contribution in [0.1, 0.15) is 24.0 Å². The van der Waals surface area contributed by atoms with Crippen LogP contribution in [0.4, 0.5) is 5.69 Å². The fourth-order valence-corrected chi connectivity index (χ4v) is 3.54. The lowest BCUT2D eigenvalue weighted by Crippen LogP contribution is -2.20. The van der Waals surface area contributed by atoms with Crippen molar-refractivity contribution in [3.05, 3.63) is 64.0 Å². The molecule has 0 aliphatic heterocycles. The average Bonchev–Trinajstić information content (AvgIpc) is 2.73. The first kappa shape index (κ1) is 18.1. The molecule has 0 radical (unpaired) electrons. The molecule has 1 aliphatic carbocycles. The molecule has 1 N–H and O–H groups in total. The van der Waals surface area contributed by atoms with Gasteiger partial charge in [0, 0.05) is 22.7 Å². The highest BCUT2D eigenvalue weighted by molar-refractivity contribution is 5.92. The number of aryl methyl sites for hydroxylation is 1. The lowest BCUT2D eigenvalue weighted by Gasteiger charge is -2.16. The zero-order valence-corrected chi connectivity index (χ0v) is 15.6. The Morgan fingerprint density at radius 1 is 1.04 bits per heavy atom. The van der Waals surface area contributed by atoms with E-state index >= 15 is 0 Å². The number of ether oxygens (including phenoxy) is 2. The van der Waals surface area contributed by atoms with Gasteiger partial charge in [0.05, 0.1) is 7.11 Å². The van der Waals surface area contributed by atoms with Gasteiger partial charge in [0.1, 0.15) is 17.1 Å². The maximum atomic E-state index is 12.2. The van der Waals surface area contributed by atoms with Gasteiger partial charge < -0.3 is 19.2 Å². The van der Waals surface area contributed by atoms with E-state index < -0.39 is 0 Å². The van der Waals surface area contributed by atoms with Gasteiger partial charge in [-0.2, -0.15) is 0 Å². The van der Waals surface area contributed by atoms with Crippen molar-refractivity contribution in [3.8, 4) is 11.5 Å². The molecule has 1 heterocycles. The maximum absolute atomic E-state index is 12.2. The van der Waals surface area contributed by atoms with E-state index in [1.165, 1.54) is 0 Å². The Kier molecular flexibility index (Phi) is 5.02. The van der Waals surface area contributed by atoms with Crippen LogP contribution >= 0.6 is 0 Å². The Morgan fingerprint density at radius 2 is 1.75 bits per heavy atom. The van der Waals surface area contributed by atoms with Gasteiger partial charge in [-0.15, -0.1) is 0 Å². The van der Waals surface area contributed by atoms with Gasteiger partial charge in [0.25, 0.3) is 5.91 Å². The van der Waals surface area contributed by atoms with Crippen molar-refractivity contribution in [2.24, 2.45) is 0 Å². The molecule has 0 saturated heterocycles. The quantitative estimate of drug-likeness (QED) is 0.684. The molecule has 1 aromatic heterocycles. The third-order valence-electron chi connectivity index (χ3n) is 4.94. The minimum absolute atomic E-state index is 0.146. The highest BCUT2D eigenvalue weighted by Crippen LogP contribution is 2.29. The zero-order chi connectivity index (χ0) is 19.5. The molecular weight excluding hydrogens is 358 g/mol. The van der Waals surface area contributed by atoms with E-state index in [-0.39, 0.29) is 18.1 Å². The Labute approximate surface area is 162 Å². The summed E-state index contributed by atoms with van der Waals surface area (Å²) < 4.78 is 16.1. The van der Waals surface area contributed by atoms with Crippen LogP contribution in [0.2, 0.25) is 0 Å². The van der Waals surface area contributed by atoms with Gasteiger partial charge in [-0.3, -0.25) is 4.79 Å². The number of hydrogen-bond donors (Lipinski definition) is 1. The number of benzene rings is 2. The van der Waals surface area contributed by atoms with E-state index in [4.69, 9.17) is 13.9 Å². The summed E-state index contributed by atoms with van der Waals surface area (Å²) >= 11 is 0. The smallest absolute Gasteiger partial charge is 0.339 e. The van der Waals surface area contributed by atoms with Gasteiger partial charge in [0.2, 0.25) is 0 Å². The molecule has 0 fully saturated rings. The number of hydrogen-bond acceptors (Lipinski definition) is 5. The molecule has 2 aromatic carbocycles. The molecule has 6 heteroatoms. The SMILES string of the molecule is COc1ccc(NC(=O)COc2ccc3c4c(c(=O)oc3c2)CCCC4)cc1. The molecule has 6 nitrogen and oxygen atoms in total. The highest BCUT2D eigenvalue weighted by atomic mass is 16.5. The molecule has 3 aromatic rings. The standard InChI is InChI=1S/C22H21NO5/c1-26-15-8-6-14(7-9-15)23-21(24)13-27-16-10-11-18-17-4-2-3-5-19(17)22(25)28-20(18)12-16/h6-12H,2-5,13H2,1H3,(H,23,24). The first-order valence-corrected chi connectivity index (χ1v) is 9.29. The summed E-state index contributed by atoms with van der Waals surface area (Å²) in [5, 5.41) is 3.71. The normalized spacial score (nSPS) is 13.0. The van der Waals surface area contributed by atoms with Crippen LogP contribution in [0.15, 0.2) is 51.7 Å². The molecule has 28 heavy (non-hydrogen) atoms. The van der Waals surface area contributed by atoms with Crippen molar-refractivity contribution in [3.63, 3.8) is 0 Å². The number of carbonyl (C=O) groups excluding carboxylic acids is 1. The van der Waals surface area contributed by atoms with Crippen molar-refractivity contribution < 1.29 is 18.7 Å². The number of fused-ring (bicyclic) bond motifs is 3. The van der Waals surface area contributed by atoms with Crippen LogP contribution < -0.4 is 20.4 Å². The van der Waals surface area contributed by atoms with Crippen molar-refractivity contribution in [1.29, 1.82) is 0 Å². The third-order valence-corrected chi connectivity index (χ3v) is 4.94. The Morgan fingerprint density at radius 3 is 2.50 bits per heavy atom. The molecule has 0 unspecified atom stereocenters. The van der Waals surface area contributed by atoms with Gasteiger partial charge >= 0.3 is 5.63 Å². The Balaban J connectivity index is 1.46. The number of amides is 1. The third kappa shape index (κ3) is 3.71. The molecule has 0 bridgehead atoms. The van der Waals surface area contributed by atoms with Crippen LogP contribution in [0.5, 0.6) is 11.5 Å². The van der Waals surface area contributed by atoms with Crippen molar-refractivity contribution >= 4 is 22.6 Å². The molecular formula is C22H21NO5. The van der Waals surface area contributed by atoms with Crippen LogP contribution in [0, 0.1) is 0 Å². The number of methoxy groups -OCH3 is 1. The number of anilines is 1. The molecule has 144 valence electrons. The highest BCUT2D eigenvalue weighted by Gasteiger charge is 2.18. The molecule has 4 rings (SSSR count). The molecule has 1 amide bonds. The predicted octanol–water partition coefficient (Wildman–Crippen LogP) is 3.70. The van der Waals surface area contributed by atoms with Gasteiger partial charge in [0.15, 0.2) is 6.61 Å². The van der Waals surface area contributed by atoms with Gasteiger partial charge in [-0.25, -0.2) is 4.79 Å². The van der Waals surface area contributed by atoms with E-state index in [0.29, 0.717) is 22.8 Å². The van der Waals surface area contributed by atoms with Crippen LogP contribution in [0.25, 0.3) is 11.0 Å². The fraction of sp³-hybridized carbons (Fsp3) is 0.273. The second-order valence-corrected chi connectivity index (χ2v) is 6.78. The topological polar surface area (TPSA) is 77.8 Å². The summed E-state index contributed by atoms with van der Waals surface area (Å²) in [5.41, 5.74) is 2.77. The molecule has 0 spiro atoms. The molecule has 1 aliphatic rings. The first-order chi connectivity index (χ1) is 13.6. The van der Waals surface area contributed by atoms with Crippen LogP contribution in [0.3, 0.4) is 0 Å². The van der Waals surface area contributed by atoms with E-state index in [1.807, 2.05) is 6.07 Å². The minimum Gasteiger partial charge on any atom is -0.497 e. The van der Waals surface area contributed by atoms with Crippen molar-refractivity contribution in [2.45, 2.75) is 25.7 Å². The minimum atomic E-state index is -0.280. The largest absolute Gasteiger partial charge is 0.497 e. The maximum Gasteiger partial charge on any atom is 0.339 e. The molecule has 0 saturated carbocycles. The van der Waals surface area contributed by atoms with E-state index in [2.05, 4.69) is 5.32 Å². The van der Waals surface area contributed by atoms with Gasteiger partial charge in [-0.05, 0) is 67.6 Å². The summed E-state index contributed by atoms with van der Waals surface area (Å²) in [6.07, 6.45) is 3.77. The van der Waals surface area contributed by atoms with Crippen molar-refractivity contribution in [2.75, 3.05) is 19.0 Å². The summed E-state index contributed by atoms with van der Waals surface area (Å²) in [6, 6.07) is 12.4. The lowest BCUT2D eigenvalue weighted by atomic mass is 9.91. The Bertz CT molecular complexity index is 1070. The first-order valence-electron chi connectivity index (χ1n) is 9.29. The Hall–Kier alpha value is -3.28. The second-order valence-electron chi connectivity index (χ2n) is 6.78. The summed E-state index contributed by atoms with van der Waals surface area (Å²) in [4.78, 5) is 24.3. The zero-order valence-electron chi connectivity index (χ0n) is 15.6. The summed E-state index contributed by atoms with van der Waals surface area (Å²) in [5.74, 6) is 0.919. The summed E-state index contributed by atoms with van der Waals surface area (Å²) in [6.45, 7) is -0.146. The van der Waals surface area contributed by atoms with E-state index in [9.17, 15) is 9.59 Å². The number of carbonyl (C=O) groups is 1.